The van der Waals surface area contributed by atoms with Crippen LogP contribution in [0.4, 0.5) is 11.5 Å². The lowest BCUT2D eigenvalue weighted by Gasteiger charge is -2.08. The molecule has 0 aliphatic carbocycles. The molecule has 21 heavy (non-hydrogen) atoms. The number of hydrogen-bond donors (Lipinski definition) is 1. The number of hydrogen-bond acceptors (Lipinski definition) is 5. The maximum Gasteiger partial charge on any atom is 0.276 e. The predicted molar refractivity (Wildman–Crippen MR) is 81.0 cm³/mol. The minimum absolute atomic E-state index is 0.00353. The van der Waals surface area contributed by atoms with Gasteiger partial charge in [0.05, 0.1) is 22.7 Å². The van der Waals surface area contributed by atoms with Gasteiger partial charge in [-0.15, -0.1) is 0 Å². The van der Waals surface area contributed by atoms with Gasteiger partial charge >= 0.3 is 0 Å². The molecular formula is C14H19N5O2. The van der Waals surface area contributed by atoms with Crippen LogP contribution in [0.15, 0.2) is 12.1 Å². The topological polar surface area (TPSA) is 85.9 Å². The van der Waals surface area contributed by atoms with E-state index in [-0.39, 0.29) is 5.69 Å². The fourth-order valence-electron chi connectivity index (χ4n) is 2.00. The highest BCUT2D eigenvalue weighted by Gasteiger charge is 2.16. The highest BCUT2D eigenvalue weighted by atomic mass is 16.6. The van der Waals surface area contributed by atoms with E-state index in [1.165, 1.54) is 12.1 Å². The minimum Gasteiger partial charge on any atom is -0.370 e. The van der Waals surface area contributed by atoms with Crippen molar-refractivity contribution < 1.29 is 4.92 Å². The van der Waals surface area contributed by atoms with Crippen LogP contribution in [0.1, 0.15) is 30.3 Å². The van der Waals surface area contributed by atoms with Crippen molar-refractivity contribution in [3.05, 3.63) is 39.2 Å². The zero-order chi connectivity index (χ0) is 15.6. The lowest BCUT2D eigenvalue weighted by atomic mass is 10.2. The highest BCUT2D eigenvalue weighted by molar-refractivity contribution is 5.51. The van der Waals surface area contributed by atoms with Gasteiger partial charge < -0.3 is 5.32 Å². The summed E-state index contributed by atoms with van der Waals surface area (Å²) in [7, 11) is 0. The number of nitro groups is 1. The summed E-state index contributed by atoms with van der Waals surface area (Å²) < 4.78 is 1.65. The van der Waals surface area contributed by atoms with Crippen molar-refractivity contribution in [1.29, 1.82) is 0 Å². The van der Waals surface area contributed by atoms with Crippen LogP contribution in [0, 0.1) is 30.9 Å². The van der Waals surface area contributed by atoms with Crippen LogP contribution in [0.2, 0.25) is 0 Å². The zero-order valence-electron chi connectivity index (χ0n) is 12.7. The van der Waals surface area contributed by atoms with E-state index in [9.17, 15) is 10.1 Å². The molecule has 0 spiro atoms. The molecule has 0 saturated carbocycles. The Morgan fingerprint density at radius 2 is 2.05 bits per heavy atom. The van der Waals surface area contributed by atoms with Crippen LogP contribution in [0.3, 0.4) is 0 Å². The van der Waals surface area contributed by atoms with E-state index in [4.69, 9.17) is 0 Å². The number of aryl methyl sites for hydroxylation is 1. The first-order valence-electron chi connectivity index (χ1n) is 6.87. The van der Waals surface area contributed by atoms with Crippen molar-refractivity contribution in [3.8, 4) is 5.82 Å². The Kier molecular flexibility index (Phi) is 4.21. The first-order valence-corrected chi connectivity index (χ1v) is 6.87. The smallest absolute Gasteiger partial charge is 0.276 e. The second kappa shape index (κ2) is 5.90. The molecule has 7 heteroatoms. The standard InChI is InChI=1S/C14H19N5O2/c1-5-6-15-13-7-12(19(20)21)8-14(16-13)18-11(4)9(2)10(3)17-18/h7-8H,5-6H2,1-4H3,(H,15,16). The first-order chi connectivity index (χ1) is 9.93. The van der Waals surface area contributed by atoms with Gasteiger partial charge in [0.2, 0.25) is 0 Å². The quantitative estimate of drug-likeness (QED) is 0.675. The van der Waals surface area contributed by atoms with Crippen molar-refractivity contribution in [3.63, 3.8) is 0 Å². The summed E-state index contributed by atoms with van der Waals surface area (Å²) in [5.41, 5.74) is 2.89. The highest BCUT2D eigenvalue weighted by Crippen LogP contribution is 2.22. The van der Waals surface area contributed by atoms with Gasteiger partial charge in [-0.1, -0.05) is 6.92 Å². The molecule has 0 aromatic carbocycles. The number of anilines is 1. The molecule has 7 nitrogen and oxygen atoms in total. The first kappa shape index (κ1) is 15.0. The molecule has 112 valence electrons. The fraction of sp³-hybridized carbons (Fsp3) is 0.429. The van der Waals surface area contributed by atoms with E-state index in [0.29, 0.717) is 18.2 Å². The molecule has 0 saturated heterocycles. The van der Waals surface area contributed by atoms with Gasteiger partial charge in [-0.3, -0.25) is 10.1 Å². The third kappa shape index (κ3) is 3.01. The van der Waals surface area contributed by atoms with E-state index in [0.717, 1.165) is 23.4 Å². The van der Waals surface area contributed by atoms with Gasteiger partial charge in [-0.2, -0.15) is 5.10 Å². The Morgan fingerprint density at radius 3 is 2.57 bits per heavy atom. The van der Waals surface area contributed by atoms with Crippen LogP contribution in [0.5, 0.6) is 0 Å². The molecule has 0 atom stereocenters. The van der Waals surface area contributed by atoms with Crippen LogP contribution in [-0.4, -0.2) is 26.2 Å². The van der Waals surface area contributed by atoms with E-state index >= 15 is 0 Å². The van der Waals surface area contributed by atoms with E-state index < -0.39 is 4.92 Å². The van der Waals surface area contributed by atoms with Crippen molar-refractivity contribution in [2.45, 2.75) is 34.1 Å². The molecule has 0 fully saturated rings. The third-order valence-corrected chi connectivity index (χ3v) is 3.43. The average Bonchev–Trinajstić information content (AvgIpc) is 2.72. The average molecular weight is 289 g/mol. The summed E-state index contributed by atoms with van der Waals surface area (Å²) in [4.78, 5) is 15.1. The minimum atomic E-state index is -0.416. The molecule has 2 heterocycles. The van der Waals surface area contributed by atoms with Crippen LogP contribution >= 0.6 is 0 Å². The van der Waals surface area contributed by atoms with Crippen molar-refractivity contribution >= 4 is 11.5 Å². The lowest BCUT2D eigenvalue weighted by Crippen LogP contribution is -2.08. The van der Waals surface area contributed by atoms with Crippen molar-refractivity contribution in [2.75, 3.05) is 11.9 Å². The maximum absolute atomic E-state index is 11.1. The molecule has 0 bridgehead atoms. The Morgan fingerprint density at radius 1 is 1.33 bits per heavy atom. The second-order valence-electron chi connectivity index (χ2n) is 4.96. The third-order valence-electron chi connectivity index (χ3n) is 3.43. The van der Waals surface area contributed by atoms with Crippen LogP contribution in [0.25, 0.3) is 5.82 Å². The molecular weight excluding hydrogens is 270 g/mol. The maximum atomic E-state index is 11.1. The number of aromatic nitrogens is 3. The van der Waals surface area contributed by atoms with Gasteiger partial charge in [0.25, 0.3) is 5.69 Å². The number of pyridine rings is 1. The van der Waals surface area contributed by atoms with Crippen molar-refractivity contribution in [2.24, 2.45) is 0 Å². The Labute approximate surface area is 123 Å². The number of rotatable bonds is 5. The van der Waals surface area contributed by atoms with E-state index in [2.05, 4.69) is 15.4 Å². The molecule has 0 amide bonds. The molecule has 1 N–H and O–H groups in total. The molecule has 0 aliphatic rings. The molecule has 2 rings (SSSR count). The van der Waals surface area contributed by atoms with Crippen molar-refractivity contribution in [1.82, 2.24) is 14.8 Å². The Hall–Kier alpha value is -2.44. The van der Waals surface area contributed by atoms with E-state index in [1.54, 1.807) is 4.68 Å². The zero-order valence-corrected chi connectivity index (χ0v) is 12.7. The summed E-state index contributed by atoms with van der Waals surface area (Å²) >= 11 is 0. The monoisotopic (exact) mass is 289 g/mol. The van der Waals surface area contributed by atoms with Gasteiger partial charge in [0.1, 0.15) is 5.82 Å². The molecule has 0 aliphatic heterocycles. The van der Waals surface area contributed by atoms with Crippen LogP contribution in [-0.2, 0) is 0 Å². The van der Waals surface area contributed by atoms with Gasteiger partial charge in [-0.05, 0) is 32.8 Å². The van der Waals surface area contributed by atoms with Gasteiger partial charge in [0, 0.05) is 12.2 Å². The number of nitrogens with zero attached hydrogens (tertiary/aromatic N) is 4. The molecule has 2 aromatic heterocycles. The number of nitrogens with one attached hydrogen (secondary N) is 1. The molecule has 0 unspecified atom stereocenters. The summed E-state index contributed by atoms with van der Waals surface area (Å²) in [6, 6.07) is 2.88. The second-order valence-corrected chi connectivity index (χ2v) is 4.96. The predicted octanol–water partition coefficient (Wildman–Crippen LogP) is 2.92. The molecule has 0 radical (unpaired) electrons. The fourth-order valence-corrected chi connectivity index (χ4v) is 2.00. The SMILES string of the molecule is CCCNc1cc([N+](=O)[O-])cc(-n2nc(C)c(C)c2C)n1. The van der Waals surface area contributed by atoms with E-state index in [1.807, 2.05) is 27.7 Å². The van der Waals surface area contributed by atoms with Gasteiger partial charge in [0.15, 0.2) is 5.82 Å². The molecule has 2 aromatic rings. The Balaban J connectivity index is 2.53. The van der Waals surface area contributed by atoms with Gasteiger partial charge in [-0.25, -0.2) is 9.67 Å². The largest absolute Gasteiger partial charge is 0.370 e. The normalized spacial score (nSPS) is 10.7. The summed E-state index contributed by atoms with van der Waals surface area (Å²) in [5.74, 6) is 0.947. The summed E-state index contributed by atoms with van der Waals surface area (Å²) in [6.45, 7) is 8.54. The van der Waals surface area contributed by atoms with Crippen LogP contribution < -0.4 is 5.32 Å². The summed E-state index contributed by atoms with van der Waals surface area (Å²) in [5, 5.41) is 18.6. The Bertz CT molecular complexity index is 678. The lowest BCUT2D eigenvalue weighted by molar-refractivity contribution is -0.384. The summed E-state index contributed by atoms with van der Waals surface area (Å²) in [6.07, 6.45) is 0.915.